The van der Waals surface area contributed by atoms with Crippen LogP contribution in [0.25, 0.3) is 0 Å². The molecule has 0 saturated carbocycles. The molecule has 0 amide bonds. The zero-order chi connectivity index (χ0) is 14.9. The minimum absolute atomic E-state index is 0.227. The van der Waals surface area contributed by atoms with Crippen molar-refractivity contribution in [3.05, 3.63) is 29.2 Å². The molecular weight excluding hydrogens is 260 g/mol. The number of aryl methyl sites for hydroxylation is 1. The molecule has 0 bridgehead atoms. The van der Waals surface area contributed by atoms with Gasteiger partial charge in [0.2, 0.25) is 0 Å². The second kappa shape index (κ2) is 5.07. The number of aromatic amines is 1. The third kappa shape index (κ3) is 2.87. The molecule has 2 aromatic rings. The van der Waals surface area contributed by atoms with Crippen molar-refractivity contribution < 1.29 is 14.1 Å². The summed E-state index contributed by atoms with van der Waals surface area (Å²) in [7, 11) is 0. The summed E-state index contributed by atoms with van der Waals surface area (Å²) in [6, 6.07) is 0. The summed E-state index contributed by atoms with van der Waals surface area (Å²) in [5.41, 5.74) is 0.923. The van der Waals surface area contributed by atoms with Gasteiger partial charge in [-0.15, -0.1) is 0 Å². The third-order valence-electron chi connectivity index (χ3n) is 2.78. The van der Waals surface area contributed by atoms with Crippen molar-refractivity contribution in [2.24, 2.45) is 0 Å². The van der Waals surface area contributed by atoms with Crippen molar-refractivity contribution >= 4 is 5.97 Å². The van der Waals surface area contributed by atoms with Gasteiger partial charge in [-0.05, 0) is 13.8 Å². The summed E-state index contributed by atoms with van der Waals surface area (Å²) >= 11 is 0. The Balaban J connectivity index is 2.15. The minimum atomic E-state index is -0.605. The van der Waals surface area contributed by atoms with Crippen LogP contribution in [-0.2, 0) is 10.2 Å². The normalized spacial score (nSPS) is 13.2. The first-order valence-corrected chi connectivity index (χ1v) is 6.34. The van der Waals surface area contributed by atoms with Gasteiger partial charge >= 0.3 is 5.97 Å². The molecule has 1 N–H and O–H groups in total. The van der Waals surface area contributed by atoms with Gasteiger partial charge in [0.1, 0.15) is 5.56 Å². The topological polar surface area (TPSA) is 93.9 Å². The molecule has 0 fully saturated rings. The maximum absolute atomic E-state index is 12.2. The number of hydrogen-bond donors (Lipinski definition) is 1. The Morgan fingerprint density at radius 2 is 2.15 bits per heavy atom. The van der Waals surface area contributed by atoms with Crippen LogP contribution in [0.5, 0.6) is 0 Å². The van der Waals surface area contributed by atoms with Crippen molar-refractivity contribution in [2.45, 2.75) is 46.1 Å². The summed E-state index contributed by atoms with van der Waals surface area (Å²) in [4.78, 5) is 16.2. The number of ether oxygens (including phenoxy) is 1. The fraction of sp³-hybridized carbons (Fsp3) is 0.538. The second-order valence-corrected chi connectivity index (χ2v) is 5.64. The summed E-state index contributed by atoms with van der Waals surface area (Å²) in [5.74, 6) is 0.310. The van der Waals surface area contributed by atoms with Gasteiger partial charge in [-0.2, -0.15) is 10.1 Å². The monoisotopic (exact) mass is 278 g/mol. The van der Waals surface area contributed by atoms with Crippen LogP contribution in [-0.4, -0.2) is 26.3 Å². The molecule has 0 radical (unpaired) electrons. The molecule has 0 aliphatic rings. The molecule has 0 aromatic carbocycles. The van der Waals surface area contributed by atoms with Gasteiger partial charge in [-0.3, -0.25) is 5.10 Å². The van der Waals surface area contributed by atoms with E-state index in [1.807, 2.05) is 20.8 Å². The molecule has 0 saturated heterocycles. The lowest BCUT2D eigenvalue weighted by Crippen LogP contribution is -2.18. The highest BCUT2D eigenvalue weighted by atomic mass is 16.6. The van der Waals surface area contributed by atoms with Gasteiger partial charge in [-0.1, -0.05) is 25.9 Å². The van der Waals surface area contributed by atoms with Gasteiger partial charge in [-0.25, -0.2) is 4.79 Å². The van der Waals surface area contributed by atoms with E-state index in [1.165, 1.54) is 6.20 Å². The Labute approximate surface area is 116 Å². The van der Waals surface area contributed by atoms with E-state index in [-0.39, 0.29) is 11.3 Å². The lowest BCUT2D eigenvalue weighted by molar-refractivity contribution is 0.0263. The molecule has 0 aliphatic heterocycles. The molecule has 0 aliphatic carbocycles. The van der Waals surface area contributed by atoms with Crippen LogP contribution < -0.4 is 0 Å². The number of carbonyl (C=O) groups is 1. The molecule has 2 aromatic heterocycles. The van der Waals surface area contributed by atoms with Crippen LogP contribution >= 0.6 is 0 Å². The molecule has 20 heavy (non-hydrogen) atoms. The van der Waals surface area contributed by atoms with Crippen LogP contribution in [0.15, 0.2) is 10.7 Å². The Morgan fingerprint density at radius 3 is 2.70 bits per heavy atom. The molecular formula is C13H18N4O3. The Kier molecular flexibility index (Phi) is 3.61. The fourth-order valence-electron chi connectivity index (χ4n) is 1.77. The van der Waals surface area contributed by atoms with Crippen LogP contribution in [0.4, 0.5) is 0 Å². The van der Waals surface area contributed by atoms with E-state index < -0.39 is 12.1 Å². The number of hydrogen-bond acceptors (Lipinski definition) is 6. The molecule has 1 atom stereocenters. The van der Waals surface area contributed by atoms with Crippen molar-refractivity contribution in [3.63, 3.8) is 0 Å². The summed E-state index contributed by atoms with van der Waals surface area (Å²) < 4.78 is 10.3. The molecule has 108 valence electrons. The van der Waals surface area contributed by atoms with Crippen LogP contribution in [0.3, 0.4) is 0 Å². The SMILES string of the molecule is Cc1noc(C(C)OC(=O)c2cn[nH]c2C(C)(C)C)n1. The third-order valence-corrected chi connectivity index (χ3v) is 2.78. The Bertz CT molecular complexity index is 609. The predicted molar refractivity (Wildman–Crippen MR) is 70.2 cm³/mol. The maximum atomic E-state index is 12.2. The van der Waals surface area contributed by atoms with Crippen LogP contribution in [0.1, 0.15) is 61.6 Å². The Hall–Kier alpha value is -2.18. The summed E-state index contributed by atoms with van der Waals surface area (Å²) in [5, 5.41) is 10.4. The van der Waals surface area contributed by atoms with Crippen molar-refractivity contribution in [3.8, 4) is 0 Å². The summed E-state index contributed by atoms with van der Waals surface area (Å²) in [6.07, 6.45) is 0.862. The highest BCUT2D eigenvalue weighted by Gasteiger charge is 2.27. The first-order chi connectivity index (χ1) is 9.29. The van der Waals surface area contributed by atoms with Crippen LogP contribution in [0.2, 0.25) is 0 Å². The molecule has 2 heterocycles. The molecule has 0 spiro atoms. The summed E-state index contributed by atoms with van der Waals surface area (Å²) in [6.45, 7) is 9.35. The zero-order valence-electron chi connectivity index (χ0n) is 12.2. The number of nitrogens with zero attached hydrogens (tertiary/aromatic N) is 3. The predicted octanol–water partition coefficient (Wildman–Crippen LogP) is 2.32. The van der Waals surface area contributed by atoms with Crippen molar-refractivity contribution in [1.82, 2.24) is 20.3 Å². The number of rotatable bonds is 3. The van der Waals surface area contributed by atoms with E-state index in [0.29, 0.717) is 11.4 Å². The minimum Gasteiger partial charge on any atom is -0.449 e. The van der Waals surface area contributed by atoms with Gasteiger partial charge < -0.3 is 9.26 Å². The van der Waals surface area contributed by atoms with E-state index in [2.05, 4.69) is 20.3 Å². The number of aromatic nitrogens is 4. The Morgan fingerprint density at radius 1 is 1.45 bits per heavy atom. The molecule has 1 unspecified atom stereocenters. The quantitative estimate of drug-likeness (QED) is 0.866. The second-order valence-electron chi connectivity index (χ2n) is 5.64. The van der Waals surface area contributed by atoms with Gasteiger partial charge in [0, 0.05) is 5.41 Å². The standard InChI is InChI=1S/C13H18N4O3/c1-7(11-15-8(2)17-20-11)19-12(18)9-6-14-16-10(9)13(3,4)5/h6-7H,1-5H3,(H,14,16). The lowest BCUT2D eigenvalue weighted by atomic mass is 9.89. The highest BCUT2D eigenvalue weighted by molar-refractivity contribution is 5.90. The van der Waals surface area contributed by atoms with Crippen molar-refractivity contribution in [2.75, 3.05) is 0 Å². The average molecular weight is 278 g/mol. The van der Waals surface area contributed by atoms with Gasteiger partial charge in [0.05, 0.1) is 11.9 Å². The van der Waals surface area contributed by atoms with Gasteiger partial charge in [0.15, 0.2) is 11.9 Å². The fourth-order valence-corrected chi connectivity index (χ4v) is 1.77. The smallest absolute Gasteiger partial charge is 0.342 e. The molecule has 2 rings (SSSR count). The molecule has 7 heteroatoms. The first kappa shape index (κ1) is 14.2. The molecule has 7 nitrogen and oxygen atoms in total. The van der Waals surface area contributed by atoms with Gasteiger partial charge in [0.25, 0.3) is 5.89 Å². The van der Waals surface area contributed by atoms with E-state index >= 15 is 0 Å². The highest BCUT2D eigenvalue weighted by Crippen LogP contribution is 2.25. The maximum Gasteiger partial charge on any atom is 0.342 e. The van der Waals surface area contributed by atoms with E-state index in [4.69, 9.17) is 9.26 Å². The van der Waals surface area contributed by atoms with Crippen LogP contribution in [0, 0.1) is 6.92 Å². The zero-order valence-corrected chi connectivity index (χ0v) is 12.2. The van der Waals surface area contributed by atoms with E-state index in [0.717, 1.165) is 5.69 Å². The largest absolute Gasteiger partial charge is 0.449 e. The van der Waals surface area contributed by atoms with Crippen molar-refractivity contribution in [1.29, 1.82) is 0 Å². The number of esters is 1. The van der Waals surface area contributed by atoms with E-state index in [1.54, 1.807) is 13.8 Å². The number of nitrogens with one attached hydrogen (secondary N) is 1. The number of H-pyrrole nitrogens is 1. The first-order valence-electron chi connectivity index (χ1n) is 6.34. The number of carbonyl (C=O) groups excluding carboxylic acids is 1. The lowest BCUT2D eigenvalue weighted by Gasteiger charge is -2.18. The average Bonchev–Trinajstić information content (AvgIpc) is 2.95. The van der Waals surface area contributed by atoms with E-state index in [9.17, 15) is 4.79 Å².